The van der Waals surface area contributed by atoms with Gasteiger partial charge in [0.2, 0.25) is 0 Å². The molecule has 0 aromatic rings. The van der Waals surface area contributed by atoms with E-state index in [-0.39, 0.29) is 0 Å². The Labute approximate surface area is 91.8 Å². The molecule has 0 saturated carbocycles. The molecule has 2 fully saturated rings. The van der Waals surface area contributed by atoms with E-state index in [9.17, 15) is 0 Å². The fourth-order valence-corrected chi connectivity index (χ4v) is 3.80. The quantitative estimate of drug-likeness (QED) is 0.762. The number of nitrogens with zero attached hydrogens (tertiary/aromatic N) is 1. The lowest BCUT2D eigenvalue weighted by Crippen LogP contribution is -2.37. The number of hydrogen-bond acceptors (Lipinski definition) is 3. The standard InChI is InChI=1S/C11H22N2S/c1-9-5-12-6-10(9)7-13(2)11-3-4-14-8-11/h9-12H,3-8H2,1-2H3/t9-,10+,11?/m1/s1. The lowest BCUT2D eigenvalue weighted by molar-refractivity contribution is 0.210. The summed E-state index contributed by atoms with van der Waals surface area (Å²) >= 11 is 2.11. The lowest BCUT2D eigenvalue weighted by atomic mass is 9.97. The number of hydrogen-bond donors (Lipinski definition) is 1. The molecule has 2 aliphatic heterocycles. The molecule has 2 heterocycles. The van der Waals surface area contributed by atoms with Gasteiger partial charge in [-0.1, -0.05) is 6.92 Å². The van der Waals surface area contributed by atoms with Crippen molar-refractivity contribution in [2.24, 2.45) is 11.8 Å². The van der Waals surface area contributed by atoms with Crippen LogP contribution in [-0.2, 0) is 0 Å². The Bertz CT molecular complexity index is 180. The van der Waals surface area contributed by atoms with Crippen molar-refractivity contribution in [2.75, 3.05) is 38.2 Å². The summed E-state index contributed by atoms with van der Waals surface area (Å²) < 4.78 is 0. The normalized spacial score (nSPS) is 38.4. The maximum atomic E-state index is 3.49. The Hall–Kier alpha value is 0.270. The molecule has 1 unspecified atom stereocenters. The zero-order chi connectivity index (χ0) is 9.97. The summed E-state index contributed by atoms with van der Waals surface area (Å²) in [4.78, 5) is 2.59. The van der Waals surface area contributed by atoms with E-state index in [1.807, 2.05) is 0 Å². The molecule has 0 spiro atoms. The highest BCUT2D eigenvalue weighted by Gasteiger charge is 2.27. The molecule has 82 valence electrons. The number of nitrogens with one attached hydrogen (secondary N) is 1. The van der Waals surface area contributed by atoms with E-state index in [0.717, 1.165) is 17.9 Å². The fraction of sp³-hybridized carbons (Fsp3) is 1.00. The van der Waals surface area contributed by atoms with Gasteiger partial charge < -0.3 is 10.2 Å². The second-order valence-electron chi connectivity index (χ2n) is 4.85. The van der Waals surface area contributed by atoms with Crippen molar-refractivity contribution in [1.29, 1.82) is 0 Å². The molecule has 2 rings (SSSR count). The smallest absolute Gasteiger partial charge is 0.0191 e. The van der Waals surface area contributed by atoms with Gasteiger partial charge in [-0.3, -0.25) is 0 Å². The van der Waals surface area contributed by atoms with Gasteiger partial charge in [0.1, 0.15) is 0 Å². The van der Waals surface area contributed by atoms with Crippen molar-refractivity contribution in [1.82, 2.24) is 10.2 Å². The van der Waals surface area contributed by atoms with Crippen LogP contribution in [0.4, 0.5) is 0 Å². The first-order chi connectivity index (χ1) is 6.77. The van der Waals surface area contributed by atoms with Crippen LogP contribution in [-0.4, -0.2) is 49.1 Å². The predicted molar refractivity (Wildman–Crippen MR) is 63.9 cm³/mol. The SMILES string of the molecule is C[C@@H]1CNC[C@H]1CN(C)C1CCSC1. The van der Waals surface area contributed by atoms with E-state index in [0.29, 0.717) is 0 Å². The minimum atomic E-state index is 0.854. The highest BCUT2D eigenvalue weighted by Crippen LogP contribution is 2.24. The first-order valence-electron chi connectivity index (χ1n) is 5.76. The van der Waals surface area contributed by atoms with Gasteiger partial charge in [-0.15, -0.1) is 0 Å². The van der Waals surface area contributed by atoms with E-state index in [2.05, 4.69) is 35.9 Å². The zero-order valence-corrected chi connectivity index (χ0v) is 10.1. The topological polar surface area (TPSA) is 15.3 Å². The minimum Gasteiger partial charge on any atom is -0.316 e. The highest BCUT2D eigenvalue weighted by molar-refractivity contribution is 7.99. The molecular formula is C11H22N2S. The number of rotatable bonds is 3. The summed E-state index contributed by atoms with van der Waals surface area (Å²) in [6.07, 6.45) is 1.40. The molecule has 3 heteroatoms. The van der Waals surface area contributed by atoms with E-state index in [1.54, 1.807) is 0 Å². The summed E-state index contributed by atoms with van der Waals surface area (Å²) in [5.74, 6) is 4.47. The first kappa shape index (κ1) is 10.8. The Kier molecular flexibility index (Phi) is 3.74. The molecule has 0 aromatic heterocycles. The molecule has 0 radical (unpaired) electrons. The summed E-state index contributed by atoms with van der Waals surface area (Å²) in [6.45, 7) is 6.12. The Morgan fingerprint density at radius 3 is 2.86 bits per heavy atom. The predicted octanol–water partition coefficient (Wildman–Crippen LogP) is 1.28. The highest BCUT2D eigenvalue weighted by atomic mass is 32.2. The van der Waals surface area contributed by atoms with Crippen LogP contribution in [0.2, 0.25) is 0 Å². The third-order valence-corrected chi connectivity index (χ3v) is 4.87. The van der Waals surface area contributed by atoms with Gasteiger partial charge >= 0.3 is 0 Å². The summed E-state index contributed by atoms with van der Waals surface area (Å²) in [7, 11) is 2.31. The van der Waals surface area contributed by atoms with Crippen LogP contribution in [0.3, 0.4) is 0 Å². The van der Waals surface area contributed by atoms with Crippen molar-refractivity contribution in [3.05, 3.63) is 0 Å². The maximum absolute atomic E-state index is 3.49. The zero-order valence-electron chi connectivity index (χ0n) is 9.33. The molecule has 2 nitrogen and oxygen atoms in total. The second kappa shape index (κ2) is 4.86. The van der Waals surface area contributed by atoms with Crippen LogP contribution >= 0.6 is 11.8 Å². The van der Waals surface area contributed by atoms with Gasteiger partial charge in [-0.05, 0) is 44.1 Å². The second-order valence-corrected chi connectivity index (χ2v) is 6.00. The third-order valence-electron chi connectivity index (χ3n) is 3.73. The van der Waals surface area contributed by atoms with Gasteiger partial charge in [0.25, 0.3) is 0 Å². The monoisotopic (exact) mass is 214 g/mol. The Morgan fingerprint density at radius 1 is 1.43 bits per heavy atom. The van der Waals surface area contributed by atoms with Crippen LogP contribution in [0.25, 0.3) is 0 Å². The molecule has 0 aromatic carbocycles. The van der Waals surface area contributed by atoms with Crippen LogP contribution in [0, 0.1) is 11.8 Å². The van der Waals surface area contributed by atoms with Crippen molar-refractivity contribution < 1.29 is 0 Å². The molecule has 1 N–H and O–H groups in total. The van der Waals surface area contributed by atoms with Crippen LogP contribution in [0.15, 0.2) is 0 Å². The van der Waals surface area contributed by atoms with Crippen LogP contribution < -0.4 is 5.32 Å². The van der Waals surface area contributed by atoms with E-state index in [4.69, 9.17) is 0 Å². The van der Waals surface area contributed by atoms with E-state index >= 15 is 0 Å². The van der Waals surface area contributed by atoms with Gasteiger partial charge in [0, 0.05) is 18.3 Å². The average molecular weight is 214 g/mol. The van der Waals surface area contributed by atoms with Crippen molar-refractivity contribution >= 4 is 11.8 Å². The molecule has 0 aliphatic carbocycles. The minimum absolute atomic E-state index is 0.854. The van der Waals surface area contributed by atoms with Crippen molar-refractivity contribution in [2.45, 2.75) is 19.4 Å². The fourth-order valence-electron chi connectivity index (χ4n) is 2.50. The average Bonchev–Trinajstić information content (AvgIpc) is 2.77. The van der Waals surface area contributed by atoms with Gasteiger partial charge in [-0.25, -0.2) is 0 Å². The maximum Gasteiger partial charge on any atom is 0.0191 e. The number of thioether (sulfide) groups is 1. The van der Waals surface area contributed by atoms with Crippen LogP contribution in [0.5, 0.6) is 0 Å². The van der Waals surface area contributed by atoms with Gasteiger partial charge in [-0.2, -0.15) is 11.8 Å². The Balaban J connectivity index is 1.78. The summed E-state index contributed by atoms with van der Waals surface area (Å²) in [5.41, 5.74) is 0. The molecule has 14 heavy (non-hydrogen) atoms. The third kappa shape index (κ3) is 2.44. The molecule has 0 bridgehead atoms. The first-order valence-corrected chi connectivity index (χ1v) is 6.91. The largest absolute Gasteiger partial charge is 0.316 e. The summed E-state index contributed by atoms with van der Waals surface area (Å²) in [5, 5.41) is 3.49. The van der Waals surface area contributed by atoms with E-state index < -0.39 is 0 Å². The van der Waals surface area contributed by atoms with Crippen LogP contribution in [0.1, 0.15) is 13.3 Å². The molecule has 2 saturated heterocycles. The Morgan fingerprint density at radius 2 is 2.29 bits per heavy atom. The molecule has 2 aliphatic rings. The van der Waals surface area contributed by atoms with Gasteiger partial charge in [0.05, 0.1) is 0 Å². The van der Waals surface area contributed by atoms with E-state index in [1.165, 1.54) is 37.6 Å². The molecular weight excluding hydrogens is 192 g/mol. The van der Waals surface area contributed by atoms with Crippen molar-refractivity contribution in [3.8, 4) is 0 Å². The molecule has 3 atom stereocenters. The molecule has 0 amide bonds. The lowest BCUT2D eigenvalue weighted by Gasteiger charge is -2.27. The van der Waals surface area contributed by atoms with Gasteiger partial charge in [0.15, 0.2) is 0 Å². The summed E-state index contributed by atoms with van der Waals surface area (Å²) in [6, 6.07) is 0.854. The van der Waals surface area contributed by atoms with Crippen molar-refractivity contribution in [3.63, 3.8) is 0 Å².